The fourth-order valence-corrected chi connectivity index (χ4v) is 1.63. The van der Waals surface area contributed by atoms with Gasteiger partial charge in [0.05, 0.1) is 0 Å². The second-order valence-electron chi connectivity index (χ2n) is 4.75. The Morgan fingerprint density at radius 2 is 0.792 bits per heavy atom. The van der Waals surface area contributed by atoms with Gasteiger partial charge >= 0.3 is 0 Å². The highest BCUT2D eigenvalue weighted by atomic mass is 16.3. The van der Waals surface area contributed by atoms with Crippen molar-refractivity contribution in [2.75, 3.05) is 0 Å². The van der Waals surface area contributed by atoms with Crippen molar-refractivity contribution in [1.82, 2.24) is 0 Å². The quantitative estimate of drug-likeness (QED) is 0.590. The average Bonchev–Trinajstić information content (AvgIpc) is 2.66. The summed E-state index contributed by atoms with van der Waals surface area (Å²) in [4.78, 5) is 0. The molecule has 0 spiro atoms. The summed E-state index contributed by atoms with van der Waals surface area (Å²) in [5.74, 6) is 0.339. The van der Waals surface area contributed by atoms with Crippen LogP contribution in [0.25, 0.3) is 12.2 Å². The Labute approximate surface area is 143 Å². The predicted octanol–water partition coefficient (Wildman–Crippen LogP) is 5.76. The molecule has 2 nitrogen and oxygen atoms in total. The smallest absolute Gasteiger partial charge is 0.115 e. The van der Waals surface area contributed by atoms with Crippen molar-refractivity contribution in [3.63, 3.8) is 0 Å². The number of hydrogen-bond donors (Lipinski definition) is 2. The van der Waals surface area contributed by atoms with Crippen LogP contribution >= 0.6 is 0 Å². The lowest BCUT2D eigenvalue weighted by Gasteiger charge is -1.88. The molecule has 2 heteroatoms. The summed E-state index contributed by atoms with van der Waals surface area (Å²) >= 11 is 0. The fourth-order valence-electron chi connectivity index (χ4n) is 1.63. The highest BCUT2D eigenvalue weighted by molar-refractivity contribution is 5.46. The van der Waals surface area contributed by atoms with Gasteiger partial charge in [-0.25, -0.2) is 0 Å². The van der Waals surface area contributed by atoms with E-state index in [2.05, 4.69) is 13.2 Å². The van der Waals surface area contributed by atoms with Gasteiger partial charge in [-0.1, -0.05) is 86.0 Å². The van der Waals surface area contributed by atoms with E-state index in [1.165, 1.54) is 35.4 Å². The van der Waals surface area contributed by atoms with Crippen LogP contribution in [0.1, 0.15) is 11.1 Å². The van der Waals surface area contributed by atoms with E-state index in [0.29, 0.717) is 0 Å². The largest absolute Gasteiger partial charge is 0.508 e. The lowest BCUT2D eigenvalue weighted by atomic mass is 10.2. The topological polar surface area (TPSA) is 40.5 Å². The summed E-state index contributed by atoms with van der Waals surface area (Å²) in [6, 6.07) is 25.8. The molecule has 0 radical (unpaired) electrons. The third-order valence-corrected chi connectivity index (χ3v) is 2.92. The van der Waals surface area contributed by atoms with Gasteiger partial charge in [0, 0.05) is 0 Å². The Balaban J connectivity index is 0.000000180. The first-order valence-electron chi connectivity index (χ1n) is 7.48. The van der Waals surface area contributed by atoms with Crippen molar-refractivity contribution in [1.29, 1.82) is 0 Å². The van der Waals surface area contributed by atoms with E-state index < -0.39 is 0 Å². The van der Waals surface area contributed by atoms with Gasteiger partial charge in [-0.05, 0) is 35.4 Å². The molecule has 0 bridgehead atoms. The number of phenols is 2. The van der Waals surface area contributed by atoms with E-state index >= 15 is 0 Å². The van der Waals surface area contributed by atoms with Gasteiger partial charge in [0.25, 0.3) is 0 Å². The van der Waals surface area contributed by atoms with Crippen LogP contribution in [0.3, 0.4) is 0 Å². The van der Waals surface area contributed by atoms with Crippen molar-refractivity contribution in [3.8, 4) is 11.5 Å². The zero-order valence-electron chi connectivity index (χ0n) is 13.5. The Hall–Kier alpha value is -3.26. The number of phenolic OH excluding ortho intramolecular Hbond substituents is 2. The summed E-state index contributed by atoms with van der Waals surface area (Å²) in [7, 11) is 0. The van der Waals surface area contributed by atoms with Crippen LogP contribution in [0.15, 0.2) is 98.1 Å². The predicted molar refractivity (Wildman–Crippen MR) is 103 cm³/mol. The van der Waals surface area contributed by atoms with Crippen LogP contribution in [0.4, 0.5) is 0 Å². The van der Waals surface area contributed by atoms with Crippen molar-refractivity contribution >= 4 is 12.2 Å². The molecule has 0 saturated carbocycles. The van der Waals surface area contributed by atoms with E-state index in [0.717, 1.165) is 0 Å². The summed E-state index contributed by atoms with van der Waals surface area (Å²) in [5, 5.41) is 17.3. The highest BCUT2D eigenvalue weighted by Gasteiger charge is 1.84. The Morgan fingerprint density at radius 1 is 0.500 bits per heavy atom. The second-order valence-corrected chi connectivity index (χ2v) is 4.75. The first-order chi connectivity index (χ1) is 11.7. The number of aromatic hydroxyl groups is 2. The molecule has 3 aromatic carbocycles. The van der Waals surface area contributed by atoms with E-state index in [1.807, 2.05) is 72.8 Å². The monoisotopic (exact) mass is 318 g/mol. The molecule has 0 heterocycles. The molecule has 3 aromatic rings. The molecule has 3 rings (SSSR count). The Bertz CT molecular complexity index is 637. The van der Waals surface area contributed by atoms with Crippen LogP contribution in [0.2, 0.25) is 0 Å². The summed E-state index contributed by atoms with van der Waals surface area (Å²) < 4.78 is 0. The maximum atomic E-state index is 8.65. The van der Waals surface area contributed by atoms with Crippen molar-refractivity contribution in [2.45, 2.75) is 0 Å². The molecular formula is C22H22O2. The molecule has 0 aromatic heterocycles. The van der Waals surface area contributed by atoms with Crippen LogP contribution < -0.4 is 0 Å². The van der Waals surface area contributed by atoms with E-state index in [-0.39, 0.29) is 11.5 Å². The van der Waals surface area contributed by atoms with Gasteiger partial charge in [0.1, 0.15) is 11.5 Å². The van der Waals surface area contributed by atoms with E-state index in [9.17, 15) is 0 Å². The molecule has 0 atom stereocenters. The minimum atomic E-state index is 0.169. The SMILES string of the molecule is C=Cc1ccccc1.C=Cc1ccccc1.Oc1ccc(O)cc1. The first kappa shape index (κ1) is 18.8. The summed E-state index contributed by atoms with van der Waals surface area (Å²) in [5.41, 5.74) is 2.35. The lowest BCUT2D eigenvalue weighted by molar-refractivity contribution is 0.460. The molecule has 0 aliphatic rings. The standard InChI is InChI=1S/2C8H8.C6H6O2/c2*1-2-8-6-4-3-5-7-8;7-5-1-2-6(8)4-3-5/h2*2-7H,1H2;1-4,7-8H. The number of rotatable bonds is 2. The van der Waals surface area contributed by atoms with Crippen LogP contribution in [0, 0.1) is 0 Å². The van der Waals surface area contributed by atoms with Gasteiger partial charge in [-0.3, -0.25) is 0 Å². The van der Waals surface area contributed by atoms with E-state index in [4.69, 9.17) is 10.2 Å². The van der Waals surface area contributed by atoms with Crippen LogP contribution in [0.5, 0.6) is 11.5 Å². The normalized spacial score (nSPS) is 8.67. The van der Waals surface area contributed by atoms with Gasteiger partial charge in [-0.2, -0.15) is 0 Å². The molecule has 0 amide bonds. The third-order valence-electron chi connectivity index (χ3n) is 2.92. The molecule has 0 aliphatic heterocycles. The van der Waals surface area contributed by atoms with Crippen LogP contribution in [-0.4, -0.2) is 10.2 Å². The molecule has 0 saturated heterocycles. The zero-order chi connectivity index (χ0) is 17.6. The van der Waals surface area contributed by atoms with Gasteiger partial charge < -0.3 is 10.2 Å². The molecule has 0 unspecified atom stereocenters. The highest BCUT2D eigenvalue weighted by Crippen LogP contribution is 2.13. The number of hydrogen-bond acceptors (Lipinski definition) is 2. The first-order valence-corrected chi connectivity index (χ1v) is 7.48. The minimum Gasteiger partial charge on any atom is -0.508 e. The molecular weight excluding hydrogens is 296 g/mol. The molecule has 2 N–H and O–H groups in total. The minimum absolute atomic E-state index is 0.169. The molecule has 0 fully saturated rings. The maximum absolute atomic E-state index is 8.65. The van der Waals surface area contributed by atoms with Crippen molar-refractivity contribution in [3.05, 3.63) is 109 Å². The lowest BCUT2D eigenvalue weighted by Crippen LogP contribution is -1.63. The van der Waals surface area contributed by atoms with Crippen LogP contribution in [-0.2, 0) is 0 Å². The van der Waals surface area contributed by atoms with Gasteiger partial charge in [-0.15, -0.1) is 0 Å². The Kier molecular flexibility index (Phi) is 8.87. The van der Waals surface area contributed by atoms with Gasteiger partial charge in [0.2, 0.25) is 0 Å². The molecule has 24 heavy (non-hydrogen) atoms. The number of benzene rings is 3. The summed E-state index contributed by atoms with van der Waals surface area (Å²) in [6.45, 7) is 7.26. The average molecular weight is 318 g/mol. The molecule has 0 aliphatic carbocycles. The maximum Gasteiger partial charge on any atom is 0.115 e. The fraction of sp³-hybridized carbons (Fsp3) is 0. The van der Waals surface area contributed by atoms with Crippen molar-refractivity contribution < 1.29 is 10.2 Å². The summed E-state index contributed by atoms with van der Waals surface area (Å²) in [6.07, 6.45) is 3.67. The molecule has 122 valence electrons. The second kappa shape index (κ2) is 11.3. The third kappa shape index (κ3) is 8.25. The zero-order valence-corrected chi connectivity index (χ0v) is 13.5. The van der Waals surface area contributed by atoms with Crippen molar-refractivity contribution in [2.24, 2.45) is 0 Å². The van der Waals surface area contributed by atoms with E-state index in [1.54, 1.807) is 0 Å². The Morgan fingerprint density at radius 3 is 1.00 bits per heavy atom. The van der Waals surface area contributed by atoms with Gasteiger partial charge in [0.15, 0.2) is 0 Å².